The molecular formula is C5H11NaO3. The summed E-state index contributed by atoms with van der Waals surface area (Å²) in [5.41, 5.74) is 0. The Morgan fingerprint density at radius 3 is 1.44 bits per heavy atom. The smallest absolute Gasteiger partial charge is 1.00 e. The fourth-order valence-corrected chi connectivity index (χ4v) is 0.351. The second-order valence-corrected chi connectivity index (χ2v) is 1.58. The average Bonchev–Trinajstić information content (AvgIpc) is 1.27. The third kappa shape index (κ3) is 17.8. The molecule has 2 N–H and O–H groups in total. The van der Waals surface area contributed by atoms with Crippen LogP contribution in [0.3, 0.4) is 0 Å². The summed E-state index contributed by atoms with van der Waals surface area (Å²) in [5.74, 6) is -0.125. The standard InChI is InChI=1S/C5H8O2.Na.H2O.H/c1-4(6)3-5(2)7;;;/h3H2,1-2H3;;1H2;/q;+1;;-1. The second-order valence-electron chi connectivity index (χ2n) is 1.58. The van der Waals surface area contributed by atoms with Crippen LogP contribution in [0.1, 0.15) is 21.7 Å². The summed E-state index contributed by atoms with van der Waals surface area (Å²) in [4.78, 5) is 20.1. The van der Waals surface area contributed by atoms with Crippen molar-refractivity contribution in [2.24, 2.45) is 0 Å². The fourth-order valence-electron chi connectivity index (χ4n) is 0.351. The second kappa shape index (κ2) is 8.30. The maximum Gasteiger partial charge on any atom is 1.00 e. The van der Waals surface area contributed by atoms with E-state index in [1.54, 1.807) is 0 Å². The van der Waals surface area contributed by atoms with Crippen molar-refractivity contribution >= 4 is 11.6 Å². The van der Waals surface area contributed by atoms with Gasteiger partial charge in [0.1, 0.15) is 11.6 Å². The number of hydrogen-bond acceptors (Lipinski definition) is 2. The van der Waals surface area contributed by atoms with E-state index >= 15 is 0 Å². The molecular weight excluding hydrogens is 131 g/mol. The number of rotatable bonds is 2. The number of Topliss-reactive ketones (excluding diaryl/α,β-unsaturated/α-hetero) is 2. The van der Waals surface area contributed by atoms with Crippen molar-refractivity contribution in [2.45, 2.75) is 20.3 Å². The predicted octanol–water partition coefficient (Wildman–Crippen LogP) is -3.15. The van der Waals surface area contributed by atoms with E-state index in [1.807, 2.05) is 0 Å². The Morgan fingerprint density at radius 2 is 1.44 bits per heavy atom. The zero-order valence-electron chi connectivity index (χ0n) is 7.02. The number of hydrogen-bond donors (Lipinski definition) is 0. The van der Waals surface area contributed by atoms with E-state index in [4.69, 9.17) is 0 Å². The minimum absolute atomic E-state index is 0. The molecule has 0 rings (SSSR count). The normalized spacial score (nSPS) is 6.44. The van der Waals surface area contributed by atoms with Crippen LogP contribution in [0.4, 0.5) is 0 Å². The van der Waals surface area contributed by atoms with E-state index in [2.05, 4.69) is 0 Å². The zero-order chi connectivity index (χ0) is 5.86. The van der Waals surface area contributed by atoms with Crippen LogP contribution >= 0.6 is 0 Å². The maximum atomic E-state index is 10.0. The van der Waals surface area contributed by atoms with E-state index in [9.17, 15) is 9.59 Å². The molecule has 9 heavy (non-hydrogen) atoms. The van der Waals surface area contributed by atoms with Crippen LogP contribution in [0.5, 0.6) is 0 Å². The molecule has 50 valence electrons. The van der Waals surface area contributed by atoms with Crippen molar-refractivity contribution in [1.29, 1.82) is 0 Å². The molecule has 0 aliphatic rings. The largest absolute Gasteiger partial charge is 1.00 e. The van der Waals surface area contributed by atoms with Crippen LogP contribution in [-0.4, -0.2) is 17.0 Å². The quantitative estimate of drug-likeness (QED) is 0.302. The minimum Gasteiger partial charge on any atom is -1.00 e. The van der Waals surface area contributed by atoms with Crippen LogP contribution in [0.25, 0.3) is 0 Å². The molecule has 0 aromatic rings. The first-order chi connectivity index (χ1) is 3.13. The van der Waals surface area contributed by atoms with E-state index in [-0.39, 0.29) is 54.4 Å². The summed E-state index contributed by atoms with van der Waals surface area (Å²) in [7, 11) is 0. The molecule has 0 atom stereocenters. The predicted molar refractivity (Wildman–Crippen MR) is 30.7 cm³/mol. The van der Waals surface area contributed by atoms with Gasteiger partial charge >= 0.3 is 29.6 Å². The molecule has 0 heterocycles. The molecule has 0 aromatic heterocycles. The summed E-state index contributed by atoms with van der Waals surface area (Å²) in [6.07, 6.45) is 0.0833. The van der Waals surface area contributed by atoms with Crippen LogP contribution in [0.2, 0.25) is 0 Å². The van der Waals surface area contributed by atoms with Crippen molar-refractivity contribution in [1.82, 2.24) is 0 Å². The SMILES string of the molecule is CC(=O)CC(C)=O.O.[H-].[Na+]. The van der Waals surface area contributed by atoms with Gasteiger partial charge in [0.2, 0.25) is 0 Å². The Hall–Kier alpha value is 0.300. The first kappa shape index (κ1) is 16.1. The molecule has 0 saturated heterocycles. The Bertz CT molecular complexity index is 93.1. The van der Waals surface area contributed by atoms with Crippen molar-refractivity contribution < 1.29 is 46.0 Å². The molecule has 3 nitrogen and oxygen atoms in total. The third-order valence-corrected chi connectivity index (χ3v) is 0.498. The molecule has 0 aliphatic heterocycles. The number of carbonyl (C=O) groups excluding carboxylic acids is 2. The van der Waals surface area contributed by atoms with Crippen molar-refractivity contribution in [3.63, 3.8) is 0 Å². The monoisotopic (exact) mass is 142 g/mol. The molecule has 0 radical (unpaired) electrons. The van der Waals surface area contributed by atoms with Gasteiger partial charge in [-0.25, -0.2) is 0 Å². The Kier molecular flexibility index (Phi) is 14.9. The first-order valence-corrected chi connectivity index (χ1v) is 2.12. The first-order valence-electron chi connectivity index (χ1n) is 2.12. The van der Waals surface area contributed by atoms with Gasteiger partial charge in [0.05, 0.1) is 6.42 Å². The molecule has 0 saturated carbocycles. The molecule has 0 bridgehead atoms. The van der Waals surface area contributed by atoms with Gasteiger partial charge < -0.3 is 6.90 Å². The summed E-state index contributed by atoms with van der Waals surface area (Å²) < 4.78 is 0. The van der Waals surface area contributed by atoms with Gasteiger partial charge in [-0.15, -0.1) is 0 Å². The Morgan fingerprint density at radius 1 is 1.22 bits per heavy atom. The zero-order valence-corrected chi connectivity index (χ0v) is 8.02. The molecule has 4 heteroatoms. The van der Waals surface area contributed by atoms with E-state index < -0.39 is 0 Å². The van der Waals surface area contributed by atoms with Crippen molar-refractivity contribution in [2.75, 3.05) is 0 Å². The molecule has 0 aliphatic carbocycles. The number of carbonyl (C=O) groups is 2. The van der Waals surface area contributed by atoms with Crippen molar-refractivity contribution in [3.05, 3.63) is 0 Å². The van der Waals surface area contributed by atoms with Gasteiger partial charge in [-0.2, -0.15) is 0 Å². The fraction of sp³-hybridized carbons (Fsp3) is 0.600. The van der Waals surface area contributed by atoms with Gasteiger partial charge in [0.15, 0.2) is 0 Å². The molecule has 0 aromatic carbocycles. The third-order valence-electron chi connectivity index (χ3n) is 0.498. The molecule has 0 spiro atoms. The van der Waals surface area contributed by atoms with Crippen LogP contribution in [-0.2, 0) is 9.59 Å². The van der Waals surface area contributed by atoms with E-state index in [0.717, 1.165) is 0 Å². The average molecular weight is 142 g/mol. The number of ketones is 2. The summed E-state index contributed by atoms with van der Waals surface area (Å²) in [5, 5.41) is 0. The molecule has 0 amide bonds. The summed E-state index contributed by atoms with van der Waals surface area (Å²) in [6, 6.07) is 0. The van der Waals surface area contributed by atoms with Crippen molar-refractivity contribution in [3.8, 4) is 0 Å². The topological polar surface area (TPSA) is 65.6 Å². The van der Waals surface area contributed by atoms with Crippen LogP contribution in [0.15, 0.2) is 0 Å². The minimum atomic E-state index is -0.0625. The van der Waals surface area contributed by atoms with Gasteiger partial charge in [0.25, 0.3) is 0 Å². The van der Waals surface area contributed by atoms with Gasteiger partial charge in [-0.05, 0) is 13.8 Å². The van der Waals surface area contributed by atoms with Crippen LogP contribution in [0, 0.1) is 0 Å². The van der Waals surface area contributed by atoms with Gasteiger partial charge in [0, 0.05) is 0 Å². The summed E-state index contributed by atoms with van der Waals surface area (Å²) >= 11 is 0. The van der Waals surface area contributed by atoms with E-state index in [0.29, 0.717) is 0 Å². The Labute approximate surface area is 77.9 Å². The molecule has 0 unspecified atom stereocenters. The van der Waals surface area contributed by atoms with Gasteiger partial charge in [-0.1, -0.05) is 0 Å². The van der Waals surface area contributed by atoms with E-state index in [1.165, 1.54) is 13.8 Å². The maximum absolute atomic E-state index is 10.0. The van der Waals surface area contributed by atoms with Crippen LogP contribution < -0.4 is 29.6 Å². The Balaban J connectivity index is -0.0000000600. The van der Waals surface area contributed by atoms with Gasteiger partial charge in [-0.3, -0.25) is 9.59 Å². The molecule has 0 fully saturated rings. The summed E-state index contributed by atoms with van der Waals surface area (Å²) in [6.45, 7) is 2.81.